The van der Waals surface area contributed by atoms with E-state index in [1.54, 1.807) is 32.9 Å². The second kappa shape index (κ2) is 11.7. The van der Waals surface area contributed by atoms with Crippen molar-refractivity contribution in [3.63, 3.8) is 0 Å². The molecule has 0 spiro atoms. The molecule has 4 rings (SSSR count). The number of halogens is 1. The van der Waals surface area contributed by atoms with Crippen molar-refractivity contribution in [2.75, 3.05) is 17.0 Å². The molecule has 2 heterocycles. The van der Waals surface area contributed by atoms with Crippen LogP contribution in [0, 0.1) is 19.7 Å². The lowest BCUT2D eigenvalue weighted by atomic mass is 10.0. The lowest BCUT2D eigenvalue weighted by Crippen LogP contribution is -2.24. The maximum absolute atomic E-state index is 14.0. The molecule has 0 aliphatic heterocycles. The SMILES string of the molecule is C=CC(=O)n1cc(-c2cc(NS(=O)(=O)CC)ccc2Oc2c(C)cc(F)cc2C)c2cc(C(=O)NCC)sc2c1=O. The number of anilines is 1. The molecule has 4 aromatic rings. The Kier molecular flexibility index (Phi) is 8.45. The number of carbonyl (C=O) groups is 2. The zero-order valence-electron chi connectivity index (χ0n) is 22.8. The first-order chi connectivity index (χ1) is 19.4. The van der Waals surface area contributed by atoms with Gasteiger partial charge in [0.25, 0.3) is 17.4 Å². The molecule has 0 unspecified atom stereocenters. The van der Waals surface area contributed by atoms with Gasteiger partial charge < -0.3 is 10.1 Å². The van der Waals surface area contributed by atoms with E-state index in [2.05, 4.69) is 16.6 Å². The van der Waals surface area contributed by atoms with E-state index in [0.717, 1.165) is 22.0 Å². The van der Waals surface area contributed by atoms with E-state index in [1.165, 1.54) is 37.4 Å². The van der Waals surface area contributed by atoms with Gasteiger partial charge in [0.1, 0.15) is 22.0 Å². The van der Waals surface area contributed by atoms with Crippen molar-refractivity contribution < 1.29 is 27.1 Å². The second-order valence-corrected chi connectivity index (χ2v) is 12.2. The number of carbonyl (C=O) groups excluding carboxylic acids is 2. The van der Waals surface area contributed by atoms with E-state index < -0.39 is 27.3 Å². The highest BCUT2D eigenvalue weighted by atomic mass is 32.2. The molecule has 0 saturated heterocycles. The lowest BCUT2D eigenvalue weighted by molar-refractivity contribution is 0.0954. The number of amides is 1. The van der Waals surface area contributed by atoms with E-state index >= 15 is 0 Å². The second-order valence-electron chi connectivity index (χ2n) is 9.16. The van der Waals surface area contributed by atoms with Gasteiger partial charge in [0.2, 0.25) is 10.0 Å². The van der Waals surface area contributed by atoms with Gasteiger partial charge in [-0.2, -0.15) is 0 Å². The number of sulfonamides is 1. The summed E-state index contributed by atoms with van der Waals surface area (Å²) in [5.41, 5.74) is 1.27. The van der Waals surface area contributed by atoms with Gasteiger partial charge in [0.05, 0.1) is 10.6 Å². The molecular weight excluding hydrogens is 569 g/mol. The Balaban J connectivity index is 2.06. The molecule has 0 radical (unpaired) electrons. The van der Waals surface area contributed by atoms with Crippen LogP contribution in [0.4, 0.5) is 10.1 Å². The summed E-state index contributed by atoms with van der Waals surface area (Å²) in [4.78, 5) is 38.9. The number of benzene rings is 2. The number of aromatic nitrogens is 1. The van der Waals surface area contributed by atoms with Crippen LogP contribution in [0.1, 0.15) is 39.4 Å². The van der Waals surface area contributed by atoms with Crippen molar-refractivity contribution >= 4 is 48.9 Å². The van der Waals surface area contributed by atoms with E-state index in [-0.39, 0.29) is 32.7 Å². The van der Waals surface area contributed by atoms with Crippen LogP contribution in [0.5, 0.6) is 11.5 Å². The van der Waals surface area contributed by atoms with Crippen LogP contribution in [0.15, 0.2) is 60.0 Å². The quantitative estimate of drug-likeness (QED) is 0.242. The van der Waals surface area contributed by atoms with Crippen molar-refractivity contribution in [2.45, 2.75) is 27.7 Å². The van der Waals surface area contributed by atoms with Crippen molar-refractivity contribution in [3.8, 4) is 22.6 Å². The molecule has 0 saturated carbocycles. The Labute approximate surface area is 240 Å². The summed E-state index contributed by atoms with van der Waals surface area (Å²) in [7, 11) is -3.66. The van der Waals surface area contributed by atoms with Crippen LogP contribution in [0.3, 0.4) is 0 Å². The molecule has 0 fully saturated rings. The number of aryl methyl sites for hydroxylation is 2. The van der Waals surface area contributed by atoms with Gasteiger partial charge in [0.15, 0.2) is 0 Å². The predicted octanol–water partition coefficient (Wildman–Crippen LogP) is 5.62. The molecule has 0 atom stereocenters. The van der Waals surface area contributed by atoms with Gasteiger partial charge >= 0.3 is 0 Å². The number of fused-ring (bicyclic) bond motifs is 1. The number of allylic oxidation sites excluding steroid dienone is 1. The van der Waals surface area contributed by atoms with Gasteiger partial charge in [-0.3, -0.25) is 19.1 Å². The van der Waals surface area contributed by atoms with E-state index in [4.69, 9.17) is 4.74 Å². The first-order valence-corrected chi connectivity index (χ1v) is 15.1. The lowest BCUT2D eigenvalue weighted by Gasteiger charge is -2.18. The number of rotatable bonds is 9. The average molecular weight is 598 g/mol. The fourth-order valence-electron chi connectivity index (χ4n) is 4.27. The highest BCUT2D eigenvalue weighted by Crippen LogP contribution is 2.41. The van der Waals surface area contributed by atoms with Crippen LogP contribution in [0.2, 0.25) is 0 Å². The maximum atomic E-state index is 14.0. The minimum absolute atomic E-state index is 0.138. The fourth-order valence-corrected chi connectivity index (χ4v) is 5.92. The number of hydrogen-bond donors (Lipinski definition) is 2. The summed E-state index contributed by atoms with van der Waals surface area (Å²) in [6.45, 7) is 10.5. The minimum Gasteiger partial charge on any atom is -0.456 e. The van der Waals surface area contributed by atoms with Crippen LogP contribution in [-0.4, -0.2) is 37.1 Å². The van der Waals surface area contributed by atoms with Gasteiger partial charge in [-0.1, -0.05) is 6.58 Å². The highest BCUT2D eigenvalue weighted by Gasteiger charge is 2.22. The number of pyridine rings is 1. The third kappa shape index (κ3) is 6.08. The molecule has 2 aromatic carbocycles. The maximum Gasteiger partial charge on any atom is 0.275 e. The monoisotopic (exact) mass is 597 g/mol. The first-order valence-electron chi connectivity index (χ1n) is 12.6. The van der Waals surface area contributed by atoms with Gasteiger partial charge in [-0.15, -0.1) is 11.3 Å². The smallest absolute Gasteiger partial charge is 0.275 e. The van der Waals surface area contributed by atoms with Crippen LogP contribution >= 0.6 is 11.3 Å². The molecule has 9 nitrogen and oxygen atoms in total. The van der Waals surface area contributed by atoms with Crippen molar-refractivity contribution in [2.24, 2.45) is 0 Å². The predicted molar refractivity (Wildman–Crippen MR) is 159 cm³/mol. The summed E-state index contributed by atoms with van der Waals surface area (Å²) in [6, 6.07) is 8.76. The Hall–Kier alpha value is -4.29. The standard InChI is InChI=1S/C29H28FN3O6S2/c1-6-25(34)33-15-22(21-14-24(28(35)31-7-2)40-27(21)29(33)36)20-13-19(32-41(37,38)8-3)9-10-23(20)39-26-16(4)11-18(30)12-17(26)5/h6,9-15,32H,1,7-8H2,2-5H3,(H,31,35). The minimum atomic E-state index is -3.66. The molecular formula is C29H28FN3O6S2. The van der Waals surface area contributed by atoms with E-state index in [0.29, 0.717) is 39.9 Å². The number of ether oxygens (including phenoxy) is 1. The Bertz CT molecular complexity index is 1850. The Morgan fingerprint density at radius 3 is 2.39 bits per heavy atom. The third-order valence-corrected chi connectivity index (χ3v) is 8.66. The third-order valence-electron chi connectivity index (χ3n) is 6.23. The van der Waals surface area contributed by atoms with E-state index in [1.807, 2.05) is 0 Å². The molecule has 0 aliphatic rings. The molecule has 41 heavy (non-hydrogen) atoms. The summed E-state index contributed by atoms with van der Waals surface area (Å²) in [6.07, 6.45) is 2.30. The normalized spacial score (nSPS) is 11.3. The first kappa shape index (κ1) is 29.7. The molecule has 2 aromatic heterocycles. The topological polar surface area (TPSA) is 124 Å². The van der Waals surface area contributed by atoms with Crippen LogP contribution in [-0.2, 0) is 10.0 Å². The Morgan fingerprint density at radius 1 is 1.10 bits per heavy atom. The molecule has 0 aliphatic carbocycles. The molecule has 12 heteroatoms. The zero-order chi connectivity index (χ0) is 30.1. The van der Waals surface area contributed by atoms with E-state index in [9.17, 15) is 27.2 Å². The highest BCUT2D eigenvalue weighted by molar-refractivity contribution is 7.92. The summed E-state index contributed by atoms with van der Waals surface area (Å²) in [5.74, 6) is -1.05. The van der Waals surface area contributed by atoms with Gasteiger partial charge in [-0.25, -0.2) is 17.4 Å². The summed E-state index contributed by atoms with van der Waals surface area (Å²) >= 11 is 0.931. The summed E-state index contributed by atoms with van der Waals surface area (Å²) < 4.78 is 48.5. The van der Waals surface area contributed by atoms with Gasteiger partial charge in [-0.05, 0) is 81.3 Å². The number of nitrogens with zero attached hydrogens (tertiary/aromatic N) is 1. The number of thiophene rings is 1. The summed E-state index contributed by atoms with van der Waals surface area (Å²) in [5, 5.41) is 3.06. The van der Waals surface area contributed by atoms with Crippen LogP contribution in [0.25, 0.3) is 21.2 Å². The number of hydrogen-bond acceptors (Lipinski definition) is 7. The molecule has 2 N–H and O–H groups in total. The zero-order valence-corrected chi connectivity index (χ0v) is 24.5. The van der Waals surface area contributed by atoms with Gasteiger partial charge in [0, 0.05) is 34.9 Å². The fraction of sp³-hybridized carbons (Fsp3) is 0.207. The molecule has 1 amide bonds. The largest absolute Gasteiger partial charge is 0.456 e. The van der Waals surface area contributed by atoms with Crippen molar-refractivity contribution in [1.29, 1.82) is 0 Å². The number of nitrogens with one attached hydrogen (secondary N) is 2. The van der Waals surface area contributed by atoms with Crippen molar-refractivity contribution in [1.82, 2.24) is 9.88 Å². The molecule has 214 valence electrons. The Morgan fingerprint density at radius 2 is 1.78 bits per heavy atom. The van der Waals surface area contributed by atoms with Crippen LogP contribution < -0.4 is 20.3 Å². The average Bonchev–Trinajstić information content (AvgIpc) is 3.37. The van der Waals surface area contributed by atoms with Crippen molar-refractivity contribution in [3.05, 3.63) is 87.4 Å². The molecule has 0 bridgehead atoms.